The summed E-state index contributed by atoms with van der Waals surface area (Å²) in [7, 11) is 1.47. The molecule has 2 fully saturated rings. The van der Waals surface area contributed by atoms with Crippen LogP contribution in [0.1, 0.15) is 111 Å². The summed E-state index contributed by atoms with van der Waals surface area (Å²) in [4.78, 5) is 122. The second-order valence-corrected chi connectivity index (χ2v) is 29.1. The molecule has 7 aliphatic heterocycles. The molecule has 9 unspecified atom stereocenters. The number of carboxylic acids is 1. The number of aryl methyl sites for hydroxylation is 1. The lowest BCUT2D eigenvalue weighted by Gasteiger charge is -2.47. The molecular formula is C70H78Cl2N12O24S. The Bertz CT molecular complexity index is 4570. The van der Waals surface area contributed by atoms with E-state index in [2.05, 4.69) is 52.4 Å². The molecule has 8 heterocycles. The average molecular weight is 1570 g/mol. The van der Waals surface area contributed by atoms with Crippen molar-refractivity contribution >= 4 is 82.3 Å². The molecule has 6 aromatic rings. The number of benzene rings is 5. The molecule has 5 aromatic carbocycles. The highest BCUT2D eigenvalue weighted by atomic mass is 35.5. The number of thioether (sulfide) groups is 1. The van der Waals surface area contributed by atoms with E-state index < -0.39 is 236 Å². The third kappa shape index (κ3) is 17.4. The van der Waals surface area contributed by atoms with Gasteiger partial charge in [-0.2, -0.15) is 4.98 Å². The first-order valence-corrected chi connectivity index (χ1v) is 35.6. The van der Waals surface area contributed by atoms with E-state index in [1.807, 2.05) is 13.8 Å². The number of ether oxygens (including phenoxy) is 6. The Labute approximate surface area is 633 Å². The highest BCUT2D eigenvalue weighted by Gasteiger charge is 2.52. The smallest absolute Gasteiger partial charge is 0.330 e. The number of halogens is 2. The summed E-state index contributed by atoms with van der Waals surface area (Å²) in [6.07, 6.45) is -18.6. The van der Waals surface area contributed by atoms with Gasteiger partial charge in [0.2, 0.25) is 64.4 Å². The molecule has 582 valence electrons. The number of nitrogens with zero attached hydrogens (tertiary/aromatic N) is 3. The number of nitrogens with two attached hydrogens (primary N) is 2. The van der Waals surface area contributed by atoms with Crippen LogP contribution in [0.4, 0.5) is 0 Å². The van der Waals surface area contributed by atoms with Gasteiger partial charge in [-0.15, -0.1) is 10.2 Å². The van der Waals surface area contributed by atoms with Crippen LogP contribution in [0, 0.1) is 12.8 Å². The van der Waals surface area contributed by atoms with Gasteiger partial charge in [-0.25, -0.2) is 4.79 Å². The molecule has 7 amide bonds. The molecule has 13 rings (SSSR count). The largest absolute Gasteiger partial charge is 0.508 e. The standard InChI is InChI=1S/C70H78Cl2N12O24S/c1-24(2)13-36(75-6)61(95)80-51-53(89)28-8-11-40(34(71)15-28)104-42-17-30-18-43(57(42)108-68-58(107-46-22-70(5,74)59(93)26(4)103-46)56(92)55(91)44(106-68)23-109-69-82-60(94)25(3)83-84-69)105-41-12-9-29(16-35(41)72)54(90)52-66(100)79-50(67(101)102)33-19-31(85)20-39(87)47(33)32-14-27(7-10-38(32)86)48(63(97)81-52)78-64(98)49(30)77-62(96)37(21-45(73)88)76-65(51)99/h7-12,14-20,24,26,36-37,44,46,48-56,58-59,68,75,85-87,89-93H,13,21-23,74H2,1-6H3,(H2,73,88)(H,76,99)(H,77,96)(H,78,98)(H,79,100)(H,80,95)(H,81,97)(H,101,102)(H,82,84,94)/t26?,36-,37-,44?,46?,48+,49+,50+,51+,52-,53+,54+,55?,56?,58?,59?,68?,70?/m0/s1. The number of phenols is 3. The zero-order chi connectivity index (χ0) is 79.1. The maximum Gasteiger partial charge on any atom is 0.330 e. The monoisotopic (exact) mass is 1570 g/mol. The van der Waals surface area contributed by atoms with E-state index in [1.165, 1.54) is 40.0 Å². The first-order valence-electron chi connectivity index (χ1n) is 33.9. The summed E-state index contributed by atoms with van der Waals surface area (Å²) >= 11 is 15.1. The number of aliphatic carboxylic acids is 1. The minimum atomic E-state index is -2.37. The molecule has 11 bridgehead atoms. The van der Waals surface area contributed by atoms with Gasteiger partial charge in [0.15, 0.2) is 29.9 Å². The fourth-order valence-corrected chi connectivity index (χ4v) is 14.3. The first kappa shape index (κ1) is 80.0. The molecule has 21 N–H and O–H groups in total. The summed E-state index contributed by atoms with van der Waals surface area (Å²) in [6, 6.07) is -0.746. The fraction of sp³-hybridized carbons (Fsp3) is 0.414. The Morgan fingerprint density at radius 3 is 1.96 bits per heavy atom. The van der Waals surface area contributed by atoms with Crippen LogP contribution in [0.5, 0.6) is 51.9 Å². The van der Waals surface area contributed by atoms with E-state index in [4.69, 9.17) is 63.1 Å². The van der Waals surface area contributed by atoms with Crippen LogP contribution < -0.4 is 62.9 Å². The quantitative estimate of drug-likeness (QED) is 0.0640. The Morgan fingerprint density at radius 2 is 1.36 bits per heavy atom. The normalized spacial score (nSPS) is 28.1. The van der Waals surface area contributed by atoms with Crippen molar-refractivity contribution in [2.24, 2.45) is 17.4 Å². The van der Waals surface area contributed by atoms with Crippen LogP contribution in [0.2, 0.25) is 10.0 Å². The van der Waals surface area contributed by atoms with Gasteiger partial charge >= 0.3 is 5.97 Å². The highest BCUT2D eigenvalue weighted by molar-refractivity contribution is 7.99. The second-order valence-electron chi connectivity index (χ2n) is 27.3. The number of aromatic nitrogens is 3. The number of likely N-dealkylation sites (N-methyl/N-ethyl adjacent to an activating group) is 1. The van der Waals surface area contributed by atoms with Crippen molar-refractivity contribution in [3.8, 4) is 63.0 Å². The van der Waals surface area contributed by atoms with Crippen molar-refractivity contribution < 1.29 is 118 Å². The van der Waals surface area contributed by atoms with Crippen molar-refractivity contribution in [3.63, 3.8) is 0 Å². The summed E-state index contributed by atoms with van der Waals surface area (Å²) < 4.78 is 39.4. The molecule has 109 heavy (non-hydrogen) atoms. The molecular weight excluding hydrogens is 1500 g/mol. The van der Waals surface area contributed by atoms with Crippen molar-refractivity contribution in [2.45, 2.75) is 168 Å². The average Bonchev–Trinajstić information content (AvgIpc) is 0.766. The third-order valence-corrected chi connectivity index (χ3v) is 20.3. The van der Waals surface area contributed by atoms with E-state index in [0.29, 0.717) is 0 Å². The van der Waals surface area contributed by atoms with Gasteiger partial charge in [0.25, 0.3) is 0 Å². The molecule has 39 heteroatoms. The number of primary amides is 1. The zero-order valence-electron chi connectivity index (χ0n) is 58.6. The summed E-state index contributed by atoms with van der Waals surface area (Å²) in [5.41, 5.74) is 8.13. The Balaban J connectivity index is 1.16. The van der Waals surface area contributed by atoms with Crippen molar-refractivity contribution in [3.05, 3.63) is 122 Å². The molecule has 1 aromatic heterocycles. The maximum atomic E-state index is 16.2. The summed E-state index contributed by atoms with van der Waals surface area (Å²) in [5, 5.41) is 140. The number of carbonyl (C=O) groups excluding carboxylic acids is 7. The van der Waals surface area contributed by atoms with Gasteiger partial charge < -0.3 is 128 Å². The fourth-order valence-electron chi connectivity index (χ4n) is 13.1. The van der Waals surface area contributed by atoms with Crippen molar-refractivity contribution in [2.75, 3.05) is 12.8 Å². The number of carbonyl (C=O) groups is 8. The molecule has 0 spiro atoms. The highest BCUT2D eigenvalue weighted by Crippen LogP contribution is 2.50. The number of hydrogen-bond acceptors (Lipinski definition) is 29. The van der Waals surface area contributed by atoms with Crippen LogP contribution in [0.25, 0.3) is 11.1 Å². The number of phenolic OH excluding ortho intramolecular Hbond substituents is 3. The third-order valence-electron chi connectivity index (χ3n) is 18.8. The van der Waals surface area contributed by atoms with Gasteiger partial charge in [-0.3, -0.25) is 33.6 Å². The lowest BCUT2D eigenvalue weighted by Crippen LogP contribution is -2.64. The van der Waals surface area contributed by atoms with Gasteiger partial charge in [0, 0.05) is 40.5 Å². The van der Waals surface area contributed by atoms with Gasteiger partial charge in [-0.05, 0) is 117 Å². The molecule has 7 aliphatic rings. The van der Waals surface area contributed by atoms with E-state index in [1.54, 1.807) is 0 Å². The maximum absolute atomic E-state index is 16.2. The predicted molar refractivity (Wildman–Crippen MR) is 379 cm³/mol. The van der Waals surface area contributed by atoms with Crippen molar-refractivity contribution in [1.29, 1.82) is 0 Å². The summed E-state index contributed by atoms with van der Waals surface area (Å²) in [6.45, 7) is 8.08. The lowest BCUT2D eigenvalue weighted by molar-refractivity contribution is -0.329. The number of carboxylic acid groups (broad SMARTS) is 1. The van der Waals surface area contributed by atoms with Crippen LogP contribution in [-0.4, -0.2) is 205 Å². The van der Waals surface area contributed by atoms with Crippen molar-refractivity contribution in [1.82, 2.24) is 52.4 Å². The van der Waals surface area contributed by atoms with Crippen LogP contribution in [-0.2, 0) is 52.6 Å². The number of amides is 7. The minimum Gasteiger partial charge on any atom is -0.508 e. The van der Waals surface area contributed by atoms with E-state index in [9.17, 15) is 75.0 Å². The second kappa shape index (κ2) is 32.7. The van der Waals surface area contributed by atoms with E-state index >= 15 is 14.4 Å². The Hall–Kier alpha value is -10.00. The zero-order valence-corrected chi connectivity index (χ0v) is 60.9. The van der Waals surface area contributed by atoms with E-state index in [-0.39, 0.29) is 62.8 Å². The molecule has 0 aliphatic carbocycles. The number of nitrogens with one attached hydrogen (secondary N) is 7. The lowest BCUT2D eigenvalue weighted by atomic mass is 9.86. The number of aromatic hydroxyl groups is 4. The molecule has 18 atom stereocenters. The van der Waals surface area contributed by atoms with Gasteiger partial charge in [0.1, 0.15) is 89.1 Å². The topological polar surface area (TPSA) is 569 Å². The van der Waals surface area contributed by atoms with Crippen LogP contribution >= 0.6 is 35.0 Å². The molecule has 0 saturated carbocycles. The van der Waals surface area contributed by atoms with Crippen LogP contribution in [0.3, 0.4) is 0 Å². The van der Waals surface area contributed by atoms with Gasteiger partial charge in [-0.1, -0.05) is 67.0 Å². The number of aliphatic hydroxyl groups is 5. The minimum absolute atomic E-state index is 0.0745. The number of rotatable bonds is 15. The number of hydrogen-bond donors (Lipinski definition) is 19. The summed E-state index contributed by atoms with van der Waals surface area (Å²) in [5.74, 6) is -16.9. The molecule has 2 saturated heterocycles. The van der Waals surface area contributed by atoms with E-state index in [0.717, 1.165) is 78.5 Å². The molecule has 36 nitrogen and oxygen atoms in total. The number of aliphatic hydroxyl groups excluding tert-OH is 5. The first-order chi connectivity index (χ1) is 51.5. The number of fused-ring (bicyclic) bond motifs is 15. The SMILES string of the molecule is CN[C@@H](CC(C)C)C(=O)N[C@H]1C(=O)N[C@@H](CC(N)=O)C(=O)N[C@H]2C(=O)N[C@H]3C(=O)N[C@H](C(=O)N[C@@H](C(=O)O)c4cc(O)cc(O)c4-c4cc3ccc4O)[C@H](O)c3ccc(c(Cl)c3)Oc3cc2cc(c3OC2OC(CSc3nnc(C)c(O)n3)C(O)C(O)C2OC2CC(C)(N)C(O)C(C)O2)Oc2ccc(cc2Cl)[C@H]1O. The Morgan fingerprint density at radius 1 is 0.734 bits per heavy atom. The molecule has 0 radical (unpaired) electrons. The Kier molecular flexibility index (Phi) is 24.0. The van der Waals surface area contributed by atoms with Crippen LogP contribution in [0.15, 0.2) is 84.0 Å². The predicted octanol–water partition coefficient (Wildman–Crippen LogP) is 1.11. The van der Waals surface area contributed by atoms with Gasteiger partial charge in [0.05, 0.1) is 40.8 Å².